The van der Waals surface area contributed by atoms with Crippen LogP contribution in [-0.4, -0.2) is 24.1 Å². The van der Waals surface area contributed by atoms with Crippen LogP contribution in [0.3, 0.4) is 0 Å². The number of aromatic nitrogens is 1. The molecule has 1 aromatic heterocycles. The average molecular weight is 314 g/mol. The average Bonchev–Trinajstić information content (AvgIpc) is 2.59. The summed E-state index contributed by atoms with van der Waals surface area (Å²) >= 11 is 0. The van der Waals surface area contributed by atoms with Gasteiger partial charge in [-0.25, -0.2) is 0 Å². The van der Waals surface area contributed by atoms with Gasteiger partial charge in [0.25, 0.3) is 5.91 Å². The molecule has 0 saturated heterocycles. The minimum absolute atomic E-state index is 0.0354. The number of pyridine rings is 1. The molecule has 1 unspecified atom stereocenters. The zero-order valence-corrected chi connectivity index (χ0v) is 13.5. The Hall–Kier alpha value is -2.56. The Kier molecular flexibility index (Phi) is 6.41. The maximum absolute atomic E-state index is 11.9. The van der Waals surface area contributed by atoms with Crippen molar-refractivity contribution in [2.45, 2.75) is 26.3 Å². The van der Waals surface area contributed by atoms with Gasteiger partial charge in [-0.1, -0.05) is 13.0 Å². The standard InChI is InChI=1S/C18H22N2O3/c1-3-12-22-15-7-9-16(10-8-15)23-13-18(21)20-14(2)17-6-4-5-11-19-17/h4-11,14H,3,12-13H2,1-2H3,(H,20,21). The van der Waals surface area contributed by atoms with E-state index in [0.29, 0.717) is 12.4 Å². The molecular formula is C18H22N2O3. The first-order valence-corrected chi connectivity index (χ1v) is 7.75. The number of carbonyl (C=O) groups excluding carboxylic acids is 1. The lowest BCUT2D eigenvalue weighted by Crippen LogP contribution is -2.31. The fraction of sp³-hybridized carbons (Fsp3) is 0.333. The van der Waals surface area contributed by atoms with Crippen molar-refractivity contribution in [1.29, 1.82) is 0 Å². The van der Waals surface area contributed by atoms with Gasteiger partial charge in [-0.3, -0.25) is 9.78 Å². The van der Waals surface area contributed by atoms with Crippen molar-refractivity contribution >= 4 is 5.91 Å². The molecule has 23 heavy (non-hydrogen) atoms. The largest absolute Gasteiger partial charge is 0.494 e. The molecule has 122 valence electrons. The lowest BCUT2D eigenvalue weighted by molar-refractivity contribution is -0.123. The highest BCUT2D eigenvalue weighted by molar-refractivity contribution is 5.77. The summed E-state index contributed by atoms with van der Waals surface area (Å²) in [4.78, 5) is 16.1. The van der Waals surface area contributed by atoms with Crippen LogP contribution in [0.25, 0.3) is 0 Å². The molecule has 1 aromatic carbocycles. The summed E-state index contributed by atoms with van der Waals surface area (Å²) in [7, 11) is 0. The van der Waals surface area contributed by atoms with E-state index in [9.17, 15) is 4.79 Å². The number of hydrogen-bond donors (Lipinski definition) is 1. The SMILES string of the molecule is CCCOc1ccc(OCC(=O)NC(C)c2ccccn2)cc1. The molecule has 0 aliphatic carbocycles. The van der Waals surface area contributed by atoms with Crippen LogP contribution in [0, 0.1) is 0 Å². The quantitative estimate of drug-likeness (QED) is 0.813. The van der Waals surface area contributed by atoms with Gasteiger partial charge in [-0.05, 0) is 49.7 Å². The number of ether oxygens (including phenoxy) is 2. The molecule has 0 fully saturated rings. The molecule has 5 heteroatoms. The molecule has 0 spiro atoms. The second-order valence-electron chi connectivity index (χ2n) is 5.15. The summed E-state index contributed by atoms with van der Waals surface area (Å²) in [5, 5.41) is 2.85. The van der Waals surface area contributed by atoms with E-state index in [0.717, 1.165) is 17.9 Å². The third kappa shape index (κ3) is 5.62. The first kappa shape index (κ1) is 16.8. The number of nitrogens with zero attached hydrogens (tertiary/aromatic N) is 1. The summed E-state index contributed by atoms with van der Waals surface area (Å²) in [6.45, 7) is 4.60. The van der Waals surface area contributed by atoms with E-state index in [1.165, 1.54) is 0 Å². The molecule has 0 aliphatic rings. The van der Waals surface area contributed by atoms with Crippen molar-refractivity contribution in [2.75, 3.05) is 13.2 Å². The van der Waals surface area contributed by atoms with Gasteiger partial charge in [0.1, 0.15) is 11.5 Å². The molecule has 0 bridgehead atoms. The smallest absolute Gasteiger partial charge is 0.258 e. The number of hydrogen-bond acceptors (Lipinski definition) is 4. The van der Waals surface area contributed by atoms with Gasteiger partial charge >= 0.3 is 0 Å². The Morgan fingerprint density at radius 2 is 1.83 bits per heavy atom. The molecule has 2 rings (SSSR count). The van der Waals surface area contributed by atoms with Crippen LogP contribution in [0.2, 0.25) is 0 Å². The molecule has 0 saturated carbocycles. The van der Waals surface area contributed by atoms with Crippen LogP contribution < -0.4 is 14.8 Å². The Balaban J connectivity index is 1.77. The van der Waals surface area contributed by atoms with E-state index >= 15 is 0 Å². The van der Waals surface area contributed by atoms with Gasteiger partial charge in [0, 0.05) is 6.20 Å². The molecule has 0 radical (unpaired) electrons. The van der Waals surface area contributed by atoms with Crippen molar-refractivity contribution in [3.8, 4) is 11.5 Å². The van der Waals surface area contributed by atoms with Gasteiger partial charge < -0.3 is 14.8 Å². The second kappa shape index (κ2) is 8.78. The van der Waals surface area contributed by atoms with Crippen LogP contribution in [0.15, 0.2) is 48.7 Å². The maximum atomic E-state index is 11.9. The monoisotopic (exact) mass is 314 g/mol. The van der Waals surface area contributed by atoms with Crippen molar-refractivity contribution in [1.82, 2.24) is 10.3 Å². The van der Waals surface area contributed by atoms with Crippen LogP contribution in [0.4, 0.5) is 0 Å². The predicted molar refractivity (Wildman–Crippen MR) is 88.5 cm³/mol. The van der Waals surface area contributed by atoms with Gasteiger partial charge in [0.15, 0.2) is 6.61 Å². The maximum Gasteiger partial charge on any atom is 0.258 e. The Morgan fingerprint density at radius 3 is 2.43 bits per heavy atom. The topological polar surface area (TPSA) is 60.5 Å². The van der Waals surface area contributed by atoms with Crippen LogP contribution in [0.1, 0.15) is 32.0 Å². The minimum atomic E-state index is -0.186. The summed E-state index contributed by atoms with van der Waals surface area (Å²) in [5.41, 5.74) is 0.818. The third-order valence-corrected chi connectivity index (χ3v) is 3.18. The first-order chi connectivity index (χ1) is 11.2. The highest BCUT2D eigenvalue weighted by Gasteiger charge is 2.10. The predicted octanol–water partition coefficient (Wildman–Crippen LogP) is 3.13. The zero-order chi connectivity index (χ0) is 16.5. The molecule has 1 heterocycles. The number of benzene rings is 1. The lowest BCUT2D eigenvalue weighted by Gasteiger charge is -2.14. The fourth-order valence-corrected chi connectivity index (χ4v) is 1.99. The van der Waals surface area contributed by atoms with E-state index in [-0.39, 0.29) is 18.6 Å². The first-order valence-electron chi connectivity index (χ1n) is 7.75. The number of nitrogens with one attached hydrogen (secondary N) is 1. The molecular weight excluding hydrogens is 292 g/mol. The van der Waals surface area contributed by atoms with Gasteiger partial charge in [0.2, 0.25) is 0 Å². The van der Waals surface area contributed by atoms with E-state index in [4.69, 9.17) is 9.47 Å². The molecule has 1 amide bonds. The molecule has 1 atom stereocenters. The number of rotatable bonds is 8. The van der Waals surface area contributed by atoms with Gasteiger partial charge in [0.05, 0.1) is 18.3 Å². The van der Waals surface area contributed by atoms with E-state index < -0.39 is 0 Å². The lowest BCUT2D eigenvalue weighted by atomic mass is 10.2. The van der Waals surface area contributed by atoms with Crippen molar-refractivity contribution in [2.24, 2.45) is 0 Å². The molecule has 1 N–H and O–H groups in total. The van der Waals surface area contributed by atoms with Crippen molar-refractivity contribution < 1.29 is 14.3 Å². The molecule has 5 nitrogen and oxygen atoms in total. The summed E-state index contributed by atoms with van der Waals surface area (Å²) in [6, 6.07) is 12.7. The van der Waals surface area contributed by atoms with E-state index in [1.807, 2.05) is 37.3 Å². The third-order valence-electron chi connectivity index (χ3n) is 3.18. The van der Waals surface area contributed by atoms with Crippen molar-refractivity contribution in [3.63, 3.8) is 0 Å². The highest BCUT2D eigenvalue weighted by Crippen LogP contribution is 2.17. The highest BCUT2D eigenvalue weighted by atomic mass is 16.5. The second-order valence-corrected chi connectivity index (χ2v) is 5.15. The number of carbonyl (C=O) groups is 1. The van der Waals surface area contributed by atoms with Crippen molar-refractivity contribution in [3.05, 3.63) is 54.4 Å². The summed E-state index contributed by atoms with van der Waals surface area (Å²) in [5.74, 6) is 1.25. The van der Waals surface area contributed by atoms with Gasteiger partial charge in [-0.15, -0.1) is 0 Å². The van der Waals surface area contributed by atoms with E-state index in [2.05, 4.69) is 17.2 Å². The minimum Gasteiger partial charge on any atom is -0.494 e. The molecule has 2 aromatic rings. The van der Waals surface area contributed by atoms with Crippen LogP contribution in [0.5, 0.6) is 11.5 Å². The normalized spacial score (nSPS) is 11.6. The van der Waals surface area contributed by atoms with Crippen LogP contribution in [-0.2, 0) is 4.79 Å². The van der Waals surface area contributed by atoms with E-state index in [1.54, 1.807) is 18.3 Å². The van der Waals surface area contributed by atoms with Crippen LogP contribution >= 0.6 is 0 Å². The summed E-state index contributed by atoms with van der Waals surface area (Å²) < 4.78 is 11.0. The Labute approximate surface area is 136 Å². The Morgan fingerprint density at radius 1 is 1.13 bits per heavy atom. The Bertz CT molecular complexity index is 599. The fourth-order valence-electron chi connectivity index (χ4n) is 1.99. The van der Waals surface area contributed by atoms with Gasteiger partial charge in [-0.2, -0.15) is 0 Å². The summed E-state index contributed by atoms with van der Waals surface area (Å²) in [6.07, 6.45) is 2.67. The number of amides is 1. The molecule has 0 aliphatic heterocycles. The zero-order valence-electron chi connectivity index (χ0n) is 13.5.